The van der Waals surface area contributed by atoms with Gasteiger partial charge in [-0.2, -0.15) is 0 Å². The molecule has 1 aromatic carbocycles. The van der Waals surface area contributed by atoms with Gasteiger partial charge in [0.05, 0.1) is 11.6 Å². The van der Waals surface area contributed by atoms with Crippen molar-refractivity contribution in [2.24, 2.45) is 0 Å². The fourth-order valence-corrected chi connectivity index (χ4v) is 3.71. The lowest BCUT2D eigenvalue weighted by Gasteiger charge is -2.34. The van der Waals surface area contributed by atoms with E-state index >= 15 is 0 Å². The lowest BCUT2D eigenvalue weighted by Crippen LogP contribution is -2.51. The van der Waals surface area contributed by atoms with Crippen molar-refractivity contribution in [3.05, 3.63) is 39.3 Å². The van der Waals surface area contributed by atoms with E-state index < -0.39 is 0 Å². The van der Waals surface area contributed by atoms with Gasteiger partial charge in [-0.05, 0) is 52.5 Å². The SMILES string of the molecule is O=C(C=Cc1ccc(Br)c(Cl)c1)N1CCN(CC(=O)N2CCCC2)CC1. The van der Waals surface area contributed by atoms with E-state index in [0.717, 1.165) is 49.1 Å². The van der Waals surface area contributed by atoms with E-state index in [1.807, 2.05) is 28.0 Å². The van der Waals surface area contributed by atoms with Gasteiger partial charge in [0.1, 0.15) is 0 Å². The minimum Gasteiger partial charge on any atom is -0.342 e. The number of hydrogen-bond acceptors (Lipinski definition) is 3. The van der Waals surface area contributed by atoms with Crippen LogP contribution in [0, 0.1) is 0 Å². The fraction of sp³-hybridized carbons (Fsp3) is 0.474. The van der Waals surface area contributed by atoms with Crippen LogP contribution < -0.4 is 0 Å². The average Bonchev–Trinajstić information content (AvgIpc) is 3.18. The van der Waals surface area contributed by atoms with Crippen LogP contribution in [0.15, 0.2) is 28.7 Å². The zero-order chi connectivity index (χ0) is 18.5. The van der Waals surface area contributed by atoms with E-state index in [-0.39, 0.29) is 11.8 Å². The summed E-state index contributed by atoms with van der Waals surface area (Å²) >= 11 is 9.42. The molecule has 3 rings (SSSR count). The summed E-state index contributed by atoms with van der Waals surface area (Å²) in [6.07, 6.45) is 5.60. The minimum absolute atomic E-state index is 0.00504. The lowest BCUT2D eigenvalue weighted by molar-refractivity contribution is -0.132. The molecule has 26 heavy (non-hydrogen) atoms. The average molecular weight is 441 g/mol. The molecule has 2 aliphatic heterocycles. The maximum atomic E-state index is 12.4. The third-order valence-corrected chi connectivity index (χ3v) is 6.10. The Bertz CT molecular complexity index is 696. The summed E-state index contributed by atoms with van der Waals surface area (Å²) in [5, 5.41) is 0.621. The Labute approximate surface area is 167 Å². The van der Waals surface area contributed by atoms with Crippen LogP contribution in [0.2, 0.25) is 5.02 Å². The molecular formula is C19H23BrClN3O2. The van der Waals surface area contributed by atoms with Crippen molar-refractivity contribution in [2.45, 2.75) is 12.8 Å². The Morgan fingerprint density at radius 3 is 2.38 bits per heavy atom. The quantitative estimate of drug-likeness (QED) is 0.676. The van der Waals surface area contributed by atoms with Gasteiger partial charge in [-0.3, -0.25) is 14.5 Å². The molecule has 2 saturated heterocycles. The molecular weight excluding hydrogens is 418 g/mol. The summed E-state index contributed by atoms with van der Waals surface area (Å²) in [6, 6.07) is 5.58. The highest BCUT2D eigenvalue weighted by molar-refractivity contribution is 9.10. The number of benzene rings is 1. The highest BCUT2D eigenvalue weighted by Crippen LogP contribution is 2.23. The smallest absolute Gasteiger partial charge is 0.246 e. The third kappa shape index (κ3) is 5.09. The first-order valence-electron chi connectivity index (χ1n) is 8.95. The molecule has 2 fully saturated rings. The van der Waals surface area contributed by atoms with Gasteiger partial charge in [0.25, 0.3) is 0 Å². The van der Waals surface area contributed by atoms with Gasteiger partial charge < -0.3 is 9.80 Å². The first kappa shape index (κ1) is 19.4. The Kier molecular flexibility index (Phi) is 6.73. The number of amides is 2. The van der Waals surface area contributed by atoms with E-state index in [1.54, 1.807) is 12.2 Å². The van der Waals surface area contributed by atoms with E-state index in [0.29, 0.717) is 24.7 Å². The molecule has 0 N–H and O–H groups in total. The molecule has 0 atom stereocenters. The Morgan fingerprint density at radius 2 is 1.73 bits per heavy atom. The summed E-state index contributed by atoms with van der Waals surface area (Å²) < 4.78 is 0.835. The van der Waals surface area contributed by atoms with Crippen molar-refractivity contribution in [2.75, 3.05) is 45.8 Å². The molecule has 2 amide bonds. The number of likely N-dealkylation sites (tertiary alicyclic amines) is 1. The number of nitrogens with zero attached hydrogens (tertiary/aromatic N) is 3. The van der Waals surface area contributed by atoms with Crippen molar-refractivity contribution >= 4 is 45.4 Å². The van der Waals surface area contributed by atoms with Crippen LogP contribution in [-0.2, 0) is 9.59 Å². The van der Waals surface area contributed by atoms with E-state index in [4.69, 9.17) is 11.6 Å². The summed E-state index contributed by atoms with van der Waals surface area (Å²) in [6.45, 7) is 5.03. The molecule has 140 valence electrons. The summed E-state index contributed by atoms with van der Waals surface area (Å²) in [7, 11) is 0. The maximum Gasteiger partial charge on any atom is 0.246 e. The highest BCUT2D eigenvalue weighted by atomic mass is 79.9. The predicted octanol–water partition coefficient (Wildman–Crippen LogP) is 2.88. The normalized spacial score (nSPS) is 18.7. The molecule has 2 aliphatic rings. The second kappa shape index (κ2) is 9.02. The Hall–Kier alpha value is -1.37. The van der Waals surface area contributed by atoms with Crippen LogP contribution in [0.5, 0.6) is 0 Å². The van der Waals surface area contributed by atoms with Crippen LogP contribution in [0.1, 0.15) is 18.4 Å². The second-order valence-corrected chi connectivity index (χ2v) is 7.96. The van der Waals surface area contributed by atoms with Gasteiger partial charge in [-0.15, -0.1) is 0 Å². The van der Waals surface area contributed by atoms with Gasteiger partial charge in [0, 0.05) is 49.8 Å². The molecule has 1 aromatic rings. The molecule has 0 saturated carbocycles. The molecule has 0 radical (unpaired) electrons. The van der Waals surface area contributed by atoms with Crippen LogP contribution in [0.25, 0.3) is 6.08 Å². The Balaban J connectivity index is 1.46. The second-order valence-electron chi connectivity index (χ2n) is 6.70. The molecule has 0 spiro atoms. The molecule has 0 unspecified atom stereocenters. The van der Waals surface area contributed by atoms with Crippen molar-refractivity contribution < 1.29 is 9.59 Å². The predicted molar refractivity (Wildman–Crippen MR) is 107 cm³/mol. The highest BCUT2D eigenvalue weighted by Gasteiger charge is 2.24. The zero-order valence-corrected chi connectivity index (χ0v) is 17.0. The number of rotatable bonds is 4. The molecule has 5 nitrogen and oxygen atoms in total. The number of hydrogen-bond donors (Lipinski definition) is 0. The van der Waals surface area contributed by atoms with E-state index in [9.17, 15) is 9.59 Å². The van der Waals surface area contributed by atoms with Crippen LogP contribution in [0.4, 0.5) is 0 Å². The molecule has 0 bridgehead atoms. The molecule has 7 heteroatoms. The van der Waals surface area contributed by atoms with Crippen LogP contribution >= 0.6 is 27.5 Å². The van der Waals surface area contributed by atoms with Gasteiger partial charge in [0.2, 0.25) is 11.8 Å². The van der Waals surface area contributed by atoms with Crippen molar-refractivity contribution in [1.82, 2.24) is 14.7 Å². The molecule has 0 aromatic heterocycles. The van der Waals surface area contributed by atoms with Crippen molar-refractivity contribution in [3.8, 4) is 0 Å². The number of piperazine rings is 1. The summed E-state index contributed by atoms with van der Waals surface area (Å²) in [4.78, 5) is 30.5. The van der Waals surface area contributed by atoms with E-state index in [2.05, 4.69) is 20.8 Å². The first-order valence-corrected chi connectivity index (χ1v) is 10.1. The van der Waals surface area contributed by atoms with Crippen molar-refractivity contribution in [3.63, 3.8) is 0 Å². The van der Waals surface area contributed by atoms with Crippen LogP contribution in [-0.4, -0.2) is 72.3 Å². The monoisotopic (exact) mass is 439 g/mol. The lowest BCUT2D eigenvalue weighted by atomic mass is 10.2. The topological polar surface area (TPSA) is 43.9 Å². The van der Waals surface area contributed by atoms with Gasteiger partial charge in [0.15, 0.2) is 0 Å². The number of carbonyl (C=O) groups is 2. The van der Waals surface area contributed by atoms with Gasteiger partial charge in [-0.1, -0.05) is 17.7 Å². The third-order valence-electron chi connectivity index (χ3n) is 4.86. The summed E-state index contributed by atoms with van der Waals surface area (Å²) in [5.74, 6) is 0.212. The number of halogens is 2. The van der Waals surface area contributed by atoms with Crippen LogP contribution in [0.3, 0.4) is 0 Å². The minimum atomic E-state index is -0.00504. The van der Waals surface area contributed by atoms with E-state index in [1.165, 1.54) is 0 Å². The standard InChI is InChI=1S/C19H23BrClN3O2/c20-16-5-3-15(13-17(16)21)4-6-18(25)24-11-9-22(10-12-24)14-19(26)23-7-1-2-8-23/h3-6,13H,1-2,7-12,14H2. The molecule has 0 aliphatic carbocycles. The molecule has 2 heterocycles. The maximum absolute atomic E-state index is 12.4. The largest absolute Gasteiger partial charge is 0.342 e. The first-order chi connectivity index (χ1) is 12.5. The Morgan fingerprint density at radius 1 is 1.04 bits per heavy atom. The summed E-state index contributed by atoms with van der Waals surface area (Å²) in [5.41, 5.74) is 0.890. The van der Waals surface area contributed by atoms with Gasteiger partial charge >= 0.3 is 0 Å². The zero-order valence-electron chi connectivity index (χ0n) is 14.7. The van der Waals surface area contributed by atoms with Crippen molar-refractivity contribution in [1.29, 1.82) is 0 Å². The number of carbonyl (C=O) groups excluding carboxylic acids is 2. The van der Waals surface area contributed by atoms with Gasteiger partial charge in [-0.25, -0.2) is 0 Å². The fourth-order valence-electron chi connectivity index (χ4n) is 3.27.